The molecular formula is C22H23F3N4O4S. The van der Waals surface area contributed by atoms with Crippen molar-refractivity contribution in [2.45, 2.75) is 25.6 Å². The van der Waals surface area contributed by atoms with E-state index in [1.165, 1.54) is 44.4 Å². The normalized spacial score (nSPS) is 14.8. The number of carbonyl (C=O) groups is 1. The van der Waals surface area contributed by atoms with E-state index in [0.29, 0.717) is 42.7 Å². The zero-order chi connectivity index (χ0) is 24.5. The zero-order valence-corrected chi connectivity index (χ0v) is 19.5. The van der Waals surface area contributed by atoms with Gasteiger partial charge in [-0.15, -0.1) is 0 Å². The summed E-state index contributed by atoms with van der Waals surface area (Å²) < 4.78 is 56.2. The predicted molar refractivity (Wildman–Crippen MR) is 122 cm³/mol. The Hall–Kier alpha value is -3.12. The van der Waals surface area contributed by atoms with Gasteiger partial charge in [0.05, 0.1) is 32.1 Å². The van der Waals surface area contributed by atoms with E-state index >= 15 is 0 Å². The van der Waals surface area contributed by atoms with Crippen molar-refractivity contribution in [2.75, 3.05) is 43.6 Å². The summed E-state index contributed by atoms with van der Waals surface area (Å²) in [4.78, 5) is 24.1. The highest BCUT2D eigenvalue weighted by Gasteiger charge is 2.34. The highest BCUT2D eigenvalue weighted by atomic mass is 32.1. The van der Waals surface area contributed by atoms with Gasteiger partial charge in [0, 0.05) is 13.1 Å². The largest absolute Gasteiger partial charge is 0.493 e. The van der Waals surface area contributed by atoms with Crippen LogP contribution in [0.1, 0.15) is 19.4 Å². The zero-order valence-electron chi connectivity index (χ0n) is 18.7. The molecule has 8 nitrogen and oxygen atoms in total. The molecule has 12 heteroatoms. The van der Waals surface area contributed by atoms with Gasteiger partial charge in [-0.2, -0.15) is 13.2 Å². The highest BCUT2D eigenvalue weighted by Crippen LogP contribution is 2.38. The third-order valence-corrected chi connectivity index (χ3v) is 6.17. The number of hydrogen-bond donors (Lipinski definition) is 1. The number of benzene rings is 1. The molecule has 182 valence electrons. The minimum atomic E-state index is -4.52. The Balaban J connectivity index is 1.57. The number of methoxy groups -OCH3 is 1. The van der Waals surface area contributed by atoms with Gasteiger partial charge in [0.1, 0.15) is 21.8 Å². The Labute approximate surface area is 197 Å². The highest BCUT2D eigenvalue weighted by molar-refractivity contribution is 7.23. The molecular weight excluding hydrogens is 473 g/mol. The van der Waals surface area contributed by atoms with Gasteiger partial charge >= 0.3 is 6.18 Å². The molecule has 1 fully saturated rings. The van der Waals surface area contributed by atoms with Crippen molar-refractivity contribution in [1.29, 1.82) is 0 Å². The Morgan fingerprint density at radius 2 is 1.97 bits per heavy atom. The van der Waals surface area contributed by atoms with E-state index in [-0.39, 0.29) is 5.75 Å². The van der Waals surface area contributed by atoms with Crippen LogP contribution < -0.4 is 19.7 Å². The van der Waals surface area contributed by atoms with Crippen molar-refractivity contribution < 1.29 is 32.2 Å². The molecule has 3 aromatic rings. The van der Waals surface area contributed by atoms with Crippen LogP contribution in [0.15, 0.2) is 30.5 Å². The second-order valence-electron chi connectivity index (χ2n) is 8.04. The Bertz CT molecular complexity index is 1190. The second kappa shape index (κ2) is 9.26. The molecule has 1 aliphatic heterocycles. The Morgan fingerprint density at radius 3 is 2.65 bits per heavy atom. The van der Waals surface area contributed by atoms with Crippen LogP contribution in [0.5, 0.6) is 11.5 Å². The van der Waals surface area contributed by atoms with Gasteiger partial charge in [0.2, 0.25) is 0 Å². The van der Waals surface area contributed by atoms with Crippen LogP contribution in [-0.2, 0) is 15.7 Å². The van der Waals surface area contributed by atoms with Gasteiger partial charge in [-0.3, -0.25) is 10.1 Å². The van der Waals surface area contributed by atoms with E-state index in [0.717, 1.165) is 22.7 Å². The lowest BCUT2D eigenvalue weighted by atomic mass is 10.1. The number of pyridine rings is 1. The maximum atomic E-state index is 13.0. The molecule has 1 saturated heterocycles. The molecule has 1 N–H and O–H groups in total. The van der Waals surface area contributed by atoms with E-state index in [9.17, 15) is 18.0 Å². The van der Waals surface area contributed by atoms with E-state index in [2.05, 4.69) is 20.2 Å². The lowest BCUT2D eigenvalue weighted by Crippen LogP contribution is -2.42. The average molecular weight is 497 g/mol. The first-order valence-corrected chi connectivity index (χ1v) is 11.2. The number of morpholine rings is 1. The van der Waals surface area contributed by atoms with Crippen molar-refractivity contribution in [3.63, 3.8) is 0 Å². The van der Waals surface area contributed by atoms with Crippen LogP contribution in [0.4, 0.5) is 24.1 Å². The first kappa shape index (κ1) is 24.0. The van der Waals surface area contributed by atoms with Gasteiger partial charge in [-0.05, 0) is 32.0 Å². The number of alkyl halides is 3. The number of halogens is 3. The summed E-state index contributed by atoms with van der Waals surface area (Å²) in [5.41, 5.74) is -1.78. The fraction of sp³-hybridized carbons (Fsp3) is 0.409. The van der Waals surface area contributed by atoms with Gasteiger partial charge < -0.3 is 19.1 Å². The fourth-order valence-corrected chi connectivity index (χ4v) is 4.40. The minimum Gasteiger partial charge on any atom is -0.493 e. The van der Waals surface area contributed by atoms with Crippen LogP contribution in [0, 0.1) is 0 Å². The summed E-state index contributed by atoms with van der Waals surface area (Å²) in [5, 5.41) is 3.01. The standard InChI is InChI=1S/C22H23F3N4O4S/c1-21(2,33-14-6-4-5-13(11-14)22(23,24)25)19(30)28-20-27-16-15(31-3)12-26-18(17(16)34-20)29-7-9-32-10-8-29/h4-6,11-12H,7-10H2,1-3H3,(H,27,28,30). The van der Waals surface area contributed by atoms with Gasteiger partial charge in [-0.1, -0.05) is 17.4 Å². The van der Waals surface area contributed by atoms with Crippen molar-refractivity contribution in [3.8, 4) is 11.5 Å². The number of nitrogens with zero attached hydrogens (tertiary/aromatic N) is 3. The molecule has 1 aliphatic rings. The average Bonchev–Trinajstić information content (AvgIpc) is 3.22. The number of anilines is 2. The van der Waals surface area contributed by atoms with Gasteiger partial charge in [-0.25, -0.2) is 9.97 Å². The minimum absolute atomic E-state index is 0.0697. The maximum absolute atomic E-state index is 13.0. The molecule has 0 saturated carbocycles. The van der Waals surface area contributed by atoms with Crippen molar-refractivity contribution in [3.05, 3.63) is 36.0 Å². The van der Waals surface area contributed by atoms with Crippen LogP contribution >= 0.6 is 11.3 Å². The fourth-order valence-electron chi connectivity index (χ4n) is 3.41. The van der Waals surface area contributed by atoms with Crippen LogP contribution in [0.2, 0.25) is 0 Å². The summed E-state index contributed by atoms with van der Waals surface area (Å²) >= 11 is 1.23. The van der Waals surface area contributed by atoms with Crippen molar-refractivity contribution in [1.82, 2.24) is 9.97 Å². The molecule has 0 aliphatic carbocycles. The first-order chi connectivity index (χ1) is 16.1. The quantitative estimate of drug-likeness (QED) is 0.543. The van der Waals surface area contributed by atoms with Crippen molar-refractivity contribution >= 4 is 38.4 Å². The van der Waals surface area contributed by atoms with E-state index in [1.54, 1.807) is 6.20 Å². The molecule has 1 aromatic carbocycles. The Kier molecular flexibility index (Phi) is 6.54. The van der Waals surface area contributed by atoms with Crippen molar-refractivity contribution in [2.24, 2.45) is 0 Å². The second-order valence-corrected chi connectivity index (χ2v) is 9.04. The third kappa shape index (κ3) is 5.02. The lowest BCUT2D eigenvalue weighted by Gasteiger charge is -2.28. The third-order valence-electron chi connectivity index (χ3n) is 5.20. The number of carbonyl (C=O) groups excluding carboxylic acids is 1. The van der Waals surface area contributed by atoms with Crippen LogP contribution in [0.3, 0.4) is 0 Å². The maximum Gasteiger partial charge on any atom is 0.416 e. The topological polar surface area (TPSA) is 85.8 Å². The molecule has 4 rings (SSSR count). The van der Waals surface area contributed by atoms with E-state index in [4.69, 9.17) is 14.2 Å². The molecule has 0 atom stereocenters. The van der Waals surface area contributed by atoms with E-state index in [1.807, 2.05) is 0 Å². The van der Waals surface area contributed by atoms with Crippen LogP contribution in [-0.4, -0.2) is 54.9 Å². The number of nitrogens with one attached hydrogen (secondary N) is 1. The Morgan fingerprint density at radius 1 is 1.24 bits per heavy atom. The number of ether oxygens (including phenoxy) is 3. The van der Waals surface area contributed by atoms with Gasteiger partial charge in [0.15, 0.2) is 16.5 Å². The summed E-state index contributed by atoms with van der Waals surface area (Å²) in [7, 11) is 1.51. The predicted octanol–water partition coefficient (Wildman–Crippen LogP) is 4.35. The number of thiazole rings is 1. The molecule has 34 heavy (non-hydrogen) atoms. The molecule has 0 unspecified atom stereocenters. The summed E-state index contributed by atoms with van der Waals surface area (Å²) in [6.07, 6.45) is -2.93. The number of amides is 1. The summed E-state index contributed by atoms with van der Waals surface area (Å²) in [6.45, 7) is 5.45. The molecule has 3 heterocycles. The molecule has 0 radical (unpaired) electrons. The smallest absolute Gasteiger partial charge is 0.416 e. The summed E-state index contributed by atoms with van der Waals surface area (Å²) in [6, 6.07) is 4.39. The van der Waals surface area contributed by atoms with Gasteiger partial charge in [0.25, 0.3) is 5.91 Å². The molecule has 0 bridgehead atoms. The van der Waals surface area contributed by atoms with Crippen LogP contribution in [0.25, 0.3) is 10.2 Å². The molecule has 1 amide bonds. The number of rotatable bonds is 6. The van der Waals surface area contributed by atoms with E-state index < -0.39 is 23.2 Å². The lowest BCUT2D eigenvalue weighted by molar-refractivity contribution is -0.137. The number of hydrogen-bond acceptors (Lipinski definition) is 8. The summed E-state index contributed by atoms with van der Waals surface area (Å²) in [5.74, 6) is 0.545. The first-order valence-electron chi connectivity index (χ1n) is 10.4. The molecule has 2 aromatic heterocycles. The number of fused-ring (bicyclic) bond motifs is 1. The SMILES string of the molecule is COc1cnc(N2CCOCC2)c2sc(NC(=O)C(C)(C)Oc3cccc(C(F)(F)F)c3)nc12. The monoisotopic (exact) mass is 496 g/mol. The molecule has 0 spiro atoms. The number of aromatic nitrogens is 2.